The van der Waals surface area contributed by atoms with E-state index >= 15 is 0 Å². The highest BCUT2D eigenvalue weighted by atomic mass is 35.5. The number of benzene rings is 1. The molecule has 2 atom stereocenters. The number of carbonyl (C=O) groups excluding carboxylic acids is 1. The number of hydrogen-bond donors (Lipinski definition) is 0. The summed E-state index contributed by atoms with van der Waals surface area (Å²) in [4.78, 5) is 27.2. The van der Waals surface area contributed by atoms with E-state index in [1.165, 1.54) is 12.8 Å². The van der Waals surface area contributed by atoms with E-state index in [9.17, 15) is 4.79 Å². The standard InChI is InChI=1S/C25H28ClN5O2/c26-19-8-6-17(7-9-19)23-22(30-11-3-10-27-25(30)28-23)14-29-12-20-15-33-16-21(13-29)31(20)24(32)18-4-1-2-5-18/h3,6-11,18,20-21H,1-2,4-5,12-16H2. The summed E-state index contributed by atoms with van der Waals surface area (Å²) in [7, 11) is 0. The summed E-state index contributed by atoms with van der Waals surface area (Å²) in [5.41, 5.74) is 3.06. The lowest BCUT2D eigenvalue weighted by atomic mass is 9.98. The zero-order valence-corrected chi connectivity index (χ0v) is 19.3. The van der Waals surface area contributed by atoms with Crippen LogP contribution in [0.1, 0.15) is 31.4 Å². The molecule has 1 aliphatic carbocycles. The summed E-state index contributed by atoms with van der Waals surface area (Å²) in [6.07, 6.45) is 8.23. The number of imidazole rings is 1. The zero-order valence-electron chi connectivity index (χ0n) is 18.6. The van der Waals surface area contributed by atoms with Crippen molar-refractivity contribution in [1.29, 1.82) is 0 Å². The number of nitrogens with zero attached hydrogens (tertiary/aromatic N) is 5. The number of aromatic nitrogens is 3. The Hall–Kier alpha value is -2.48. The van der Waals surface area contributed by atoms with E-state index in [4.69, 9.17) is 21.3 Å². The Balaban J connectivity index is 1.29. The number of morpholine rings is 1. The highest BCUT2D eigenvalue weighted by molar-refractivity contribution is 6.30. The molecule has 3 fully saturated rings. The molecule has 4 heterocycles. The molecule has 1 saturated carbocycles. The fourth-order valence-electron chi connectivity index (χ4n) is 5.76. The first-order valence-corrected chi connectivity index (χ1v) is 12.3. The van der Waals surface area contributed by atoms with Crippen LogP contribution in [-0.4, -0.2) is 68.5 Å². The second-order valence-corrected chi connectivity index (χ2v) is 9.91. The van der Waals surface area contributed by atoms with Crippen LogP contribution in [0.2, 0.25) is 5.02 Å². The summed E-state index contributed by atoms with van der Waals surface area (Å²) in [5.74, 6) is 1.25. The van der Waals surface area contributed by atoms with Gasteiger partial charge in [0.25, 0.3) is 0 Å². The molecule has 1 aromatic carbocycles. The average molecular weight is 466 g/mol. The van der Waals surface area contributed by atoms with Gasteiger partial charge in [-0.2, -0.15) is 0 Å². The van der Waals surface area contributed by atoms with Gasteiger partial charge in [0, 0.05) is 48.5 Å². The lowest BCUT2D eigenvalue weighted by molar-refractivity contribution is -0.159. The van der Waals surface area contributed by atoms with Crippen molar-refractivity contribution in [3.05, 3.63) is 53.4 Å². The Kier molecular flexibility index (Phi) is 5.56. The van der Waals surface area contributed by atoms with E-state index in [0.717, 1.165) is 49.4 Å². The van der Waals surface area contributed by atoms with Gasteiger partial charge in [0.05, 0.1) is 36.7 Å². The van der Waals surface area contributed by atoms with Crippen LogP contribution in [0.4, 0.5) is 0 Å². The summed E-state index contributed by atoms with van der Waals surface area (Å²) < 4.78 is 7.95. The van der Waals surface area contributed by atoms with Crippen LogP contribution in [0.3, 0.4) is 0 Å². The van der Waals surface area contributed by atoms with E-state index in [-0.39, 0.29) is 18.0 Å². The van der Waals surface area contributed by atoms with Gasteiger partial charge in [0.1, 0.15) is 0 Å². The normalized spacial score (nSPS) is 24.0. The molecular weight excluding hydrogens is 438 g/mol. The Bertz CT molecular complexity index is 1140. The second kappa shape index (κ2) is 8.70. The maximum Gasteiger partial charge on any atom is 0.234 e. The largest absolute Gasteiger partial charge is 0.377 e. The maximum absolute atomic E-state index is 13.3. The molecule has 172 valence electrons. The molecule has 2 aliphatic heterocycles. The highest BCUT2D eigenvalue weighted by Crippen LogP contribution is 2.32. The van der Waals surface area contributed by atoms with Gasteiger partial charge in [-0.3, -0.25) is 14.1 Å². The SMILES string of the molecule is O=C(C1CCCC1)N1C2COCC1CN(Cc1c(-c3ccc(Cl)cc3)nc3ncccn13)C2. The number of fused-ring (bicyclic) bond motifs is 3. The molecule has 3 aromatic rings. The number of amides is 1. The van der Waals surface area contributed by atoms with Crippen molar-refractivity contribution in [1.82, 2.24) is 24.2 Å². The lowest BCUT2D eigenvalue weighted by Crippen LogP contribution is -2.66. The first kappa shape index (κ1) is 21.1. The van der Waals surface area contributed by atoms with Crippen LogP contribution in [0.25, 0.3) is 17.0 Å². The lowest BCUT2D eigenvalue weighted by Gasteiger charge is -2.50. The molecule has 2 bridgehead atoms. The van der Waals surface area contributed by atoms with Gasteiger partial charge >= 0.3 is 0 Å². The summed E-state index contributed by atoms with van der Waals surface area (Å²) in [5, 5.41) is 0.707. The molecule has 3 aliphatic rings. The third-order valence-electron chi connectivity index (χ3n) is 7.30. The minimum atomic E-state index is 0.113. The molecule has 2 unspecified atom stereocenters. The molecule has 33 heavy (non-hydrogen) atoms. The Morgan fingerprint density at radius 2 is 1.82 bits per heavy atom. The summed E-state index contributed by atoms with van der Waals surface area (Å²) in [6.45, 7) is 3.59. The molecular formula is C25H28ClN5O2. The van der Waals surface area contributed by atoms with Gasteiger partial charge in [-0.15, -0.1) is 0 Å². The predicted molar refractivity (Wildman–Crippen MR) is 126 cm³/mol. The Labute approximate surface area is 198 Å². The number of carbonyl (C=O) groups is 1. The van der Waals surface area contributed by atoms with Crippen LogP contribution in [0, 0.1) is 5.92 Å². The number of piperazine rings is 1. The van der Waals surface area contributed by atoms with Crippen LogP contribution in [0.15, 0.2) is 42.7 Å². The molecule has 6 rings (SSSR count). The first-order chi connectivity index (χ1) is 16.2. The minimum Gasteiger partial charge on any atom is -0.377 e. The fourth-order valence-corrected chi connectivity index (χ4v) is 5.89. The molecule has 0 radical (unpaired) electrons. The summed E-state index contributed by atoms with van der Waals surface area (Å²) in [6, 6.07) is 9.97. The summed E-state index contributed by atoms with van der Waals surface area (Å²) >= 11 is 6.12. The second-order valence-electron chi connectivity index (χ2n) is 9.47. The molecule has 7 nitrogen and oxygen atoms in total. The number of ether oxygens (including phenoxy) is 1. The molecule has 2 aromatic heterocycles. The van der Waals surface area contributed by atoms with Crippen molar-refractivity contribution >= 4 is 23.3 Å². The smallest absolute Gasteiger partial charge is 0.234 e. The first-order valence-electron chi connectivity index (χ1n) is 11.9. The van der Waals surface area contributed by atoms with E-state index in [2.05, 4.69) is 19.2 Å². The third kappa shape index (κ3) is 3.92. The predicted octanol–water partition coefficient (Wildman–Crippen LogP) is 3.65. The van der Waals surface area contributed by atoms with E-state index in [1.54, 1.807) is 6.20 Å². The van der Waals surface area contributed by atoms with Gasteiger partial charge in [0.2, 0.25) is 11.7 Å². The zero-order chi connectivity index (χ0) is 22.4. The van der Waals surface area contributed by atoms with Gasteiger partial charge in [-0.05, 0) is 31.0 Å². The quantitative estimate of drug-likeness (QED) is 0.588. The Morgan fingerprint density at radius 1 is 1.09 bits per heavy atom. The van der Waals surface area contributed by atoms with Crippen molar-refractivity contribution in [3.8, 4) is 11.3 Å². The van der Waals surface area contributed by atoms with Gasteiger partial charge in [-0.25, -0.2) is 9.97 Å². The molecule has 0 N–H and O–H groups in total. The number of rotatable bonds is 4. The van der Waals surface area contributed by atoms with Gasteiger partial charge < -0.3 is 9.64 Å². The van der Waals surface area contributed by atoms with Crippen molar-refractivity contribution in [2.75, 3.05) is 26.3 Å². The monoisotopic (exact) mass is 465 g/mol. The van der Waals surface area contributed by atoms with E-state index in [0.29, 0.717) is 29.9 Å². The van der Waals surface area contributed by atoms with Gasteiger partial charge in [-0.1, -0.05) is 36.6 Å². The average Bonchev–Trinajstić information content (AvgIpc) is 3.48. The van der Waals surface area contributed by atoms with Crippen LogP contribution >= 0.6 is 11.6 Å². The maximum atomic E-state index is 13.3. The fraction of sp³-hybridized carbons (Fsp3) is 0.480. The molecule has 2 saturated heterocycles. The van der Waals surface area contributed by atoms with Gasteiger partial charge in [0.15, 0.2) is 0 Å². The van der Waals surface area contributed by atoms with Crippen molar-refractivity contribution in [2.45, 2.75) is 44.3 Å². The molecule has 8 heteroatoms. The van der Waals surface area contributed by atoms with Crippen molar-refractivity contribution < 1.29 is 9.53 Å². The molecule has 0 spiro atoms. The minimum absolute atomic E-state index is 0.113. The van der Waals surface area contributed by atoms with Crippen LogP contribution < -0.4 is 0 Å². The van der Waals surface area contributed by atoms with Crippen LogP contribution in [0.5, 0.6) is 0 Å². The number of halogens is 1. The van der Waals surface area contributed by atoms with E-state index in [1.807, 2.05) is 36.5 Å². The van der Waals surface area contributed by atoms with Crippen LogP contribution in [-0.2, 0) is 16.1 Å². The highest BCUT2D eigenvalue weighted by Gasteiger charge is 2.43. The van der Waals surface area contributed by atoms with E-state index < -0.39 is 0 Å². The van der Waals surface area contributed by atoms with Crippen molar-refractivity contribution in [2.24, 2.45) is 5.92 Å². The van der Waals surface area contributed by atoms with Crippen molar-refractivity contribution in [3.63, 3.8) is 0 Å². The topological polar surface area (TPSA) is 63.0 Å². The Morgan fingerprint density at radius 3 is 2.55 bits per heavy atom. The molecule has 1 amide bonds. The number of hydrogen-bond acceptors (Lipinski definition) is 5. The third-order valence-corrected chi connectivity index (χ3v) is 7.55.